The number of carbonyl (C=O) groups excluding carboxylic acids is 1. The molecule has 22 heavy (non-hydrogen) atoms. The van der Waals surface area contributed by atoms with E-state index in [0.29, 0.717) is 12.2 Å². The predicted molar refractivity (Wildman–Crippen MR) is 83.1 cm³/mol. The Bertz CT molecular complexity index is 863. The van der Waals surface area contributed by atoms with Crippen LogP contribution in [0, 0.1) is 0 Å². The van der Waals surface area contributed by atoms with Gasteiger partial charge >= 0.3 is 5.97 Å². The van der Waals surface area contributed by atoms with Gasteiger partial charge in [0.15, 0.2) is 11.6 Å². The van der Waals surface area contributed by atoms with E-state index in [9.17, 15) is 9.59 Å². The van der Waals surface area contributed by atoms with Gasteiger partial charge in [0.2, 0.25) is 0 Å². The number of rotatable bonds is 4. The number of carboxylic acids is 1. The van der Waals surface area contributed by atoms with Crippen molar-refractivity contribution in [1.82, 2.24) is 9.97 Å². The standard InChI is InChI=1S/C17H14N2O3/c1-2-15(20)16-18-13-8-7-12(9-14(13)19-16)10-3-5-11(6-4-10)17(21)22/h3-9H,2H2,1H3,(H,18,19)(H,21,22). The number of ketones is 1. The number of fused-ring (bicyclic) bond motifs is 1. The number of H-pyrrole nitrogens is 1. The molecule has 0 aliphatic carbocycles. The maximum atomic E-state index is 11.7. The molecule has 0 spiro atoms. The van der Waals surface area contributed by atoms with Gasteiger partial charge in [-0.2, -0.15) is 0 Å². The molecule has 0 saturated heterocycles. The van der Waals surface area contributed by atoms with Crippen LogP contribution in [0.15, 0.2) is 42.5 Å². The van der Waals surface area contributed by atoms with E-state index in [4.69, 9.17) is 5.11 Å². The first-order valence-corrected chi connectivity index (χ1v) is 6.95. The van der Waals surface area contributed by atoms with Crippen molar-refractivity contribution >= 4 is 22.8 Å². The quantitative estimate of drug-likeness (QED) is 0.721. The van der Waals surface area contributed by atoms with Gasteiger partial charge in [-0.05, 0) is 35.4 Å². The van der Waals surface area contributed by atoms with Crippen molar-refractivity contribution in [2.24, 2.45) is 0 Å². The van der Waals surface area contributed by atoms with E-state index >= 15 is 0 Å². The highest BCUT2D eigenvalue weighted by molar-refractivity contribution is 5.96. The SMILES string of the molecule is CCC(=O)c1nc2ccc(-c3ccc(C(=O)O)cc3)cc2[nH]1. The molecule has 1 aromatic heterocycles. The third kappa shape index (κ3) is 2.48. The molecular weight excluding hydrogens is 280 g/mol. The van der Waals surface area contributed by atoms with Gasteiger partial charge in [-0.15, -0.1) is 0 Å². The Kier molecular flexibility index (Phi) is 3.47. The highest BCUT2D eigenvalue weighted by Crippen LogP contribution is 2.24. The fourth-order valence-electron chi connectivity index (χ4n) is 2.29. The number of benzene rings is 2. The van der Waals surface area contributed by atoms with Gasteiger partial charge in [0.05, 0.1) is 16.6 Å². The van der Waals surface area contributed by atoms with Crippen molar-refractivity contribution in [1.29, 1.82) is 0 Å². The van der Waals surface area contributed by atoms with Crippen molar-refractivity contribution in [3.63, 3.8) is 0 Å². The van der Waals surface area contributed by atoms with Gasteiger partial charge in [-0.25, -0.2) is 9.78 Å². The number of carboxylic acid groups (broad SMARTS) is 1. The van der Waals surface area contributed by atoms with Crippen LogP contribution in [0.25, 0.3) is 22.2 Å². The van der Waals surface area contributed by atoms with E-state index in [0.717, 1.165) is 22.2 Å². The summed E-state index contributed by atoms with van der Waals surface area (Å²) >= 11 is 0. The van der Waals surface area contributed by atoms with Crippen LogP contribution in [-0.2, 0) is 0 Å². The summed E-state index contributed by atoms with van der Waals surface area (Å²) < 4.78 is 0. The van der Waals surface area contributed by atoms with Gasteiger partial charge in [0.25, 0.3) is 0 Å². The van der Waals surface area contributed by atoms with Crippen molar-refractivity contribution in [2.75, 3.05) is 0 Å². The average Bonchev–Trinajstić information content (AvgIpc) is 2.97. The summed E-state index contributed by atoms with van der Waals surface area (Å²) in [6.45, 7) is 1.80. The topological polar surface area (TPSA) is 83.1 Å². The lowest BCUT2D eigenvalue weighted by molar-refractivity contribution is 0.0696. The lowest BCUT2D eigenvalue weighted by Crippen LogP contribution is -1.98. The highest BCUT2D eigenvalue weighted by Gasteiger charge is 2.10. The molecule has 5 heteroatoms. The van der Waals surface area contributed by atoms with Crippen molar-refractivity contribution in [2.45, 2.75) is 13.3 Å². The molecule has 0 unspecified atom stereocenters. The van der Waals surface area contributed by atoms with Crippen LogP contribution in [0.3, 0.4) is 0 Å². The molecule has 0 fully saturated rings. The van der Waals surface area contributed by atoms with Crippen LogP contribution in [0.1, 0.15) is 34.3 Å². The van der Waals surface area contributed by atoms with E-state index in [1.54, 1.807) is 31.2 Å². The Labute approximate surface area is 126 Å². The van der Waals surface area contributed by atoms with E-state index in [-0.39, 0.29) is 11.3 Å². The second kappa shape index (κ2) is 5.44. The summed E-state index contributed by atoms with van der Waals surface area (Å²) in [5.74, 6) is -0.599. The van der Waals surface area contributed by atoms with Gasteiger partial charge in [0, 0.05) is 6.42 Å². The van der Waals surface area contributed by atoms with E-state index in [1.165, 1.54) is 0 Å². The molecule has 2 N–H and O–H groups in total. The van der Waals surface area contributed by atoms with Crippen LogP contribution in [0.5, 0.6) is 0 Å². The third-order valence-electron chi connectivity index (χ3n) is 3.53. The van der Waals surface area contributed by atoms with E-state index < -0.39 is 5.97 Å². The van der Waals surface area contributed by atoms with Crippen LogP contribution < -0.4 is 0 Å². The number of Topliss-reactive ketones (excluding diaryl/α,β-unsaturated/α-hetero) is 1. The van der Waals surface area contributed by atoms with E-state index in [2.05, 4.69) is 9.97 Å². The lowest BCUT2D eigenvalue weighted by Gasteiger charge is -2.02. The Hall–Kier alpha value is -2.95. The summed E-state index contributed by atoms with van der Waals surface area (Å²) in [5.41, 5.74) is 3.62. The molecular formula is C17H14N2O3. The molecule has 0 aliphatic rings. The van der Waals surface area contributed by atoms with Crippen LogP contribution in [0.2, 0.25) is 0 Å². The number of imidazole rings is 1. The van der Waals surface area contributed by atoms with Gasteiger partial charge in [0.1, 0.15) is 0 Å². The second-order valence-corrected chi connectivity index (χ2v) is 4.98. The normalized spacial score (nSPS) is 10.8. The Morgan fingerprint density at radius 1 is 1.09 bits per heavy atom. The average molecular weight is 294 g/mol. The number of carbonyl (C=O) groups is 2. The minimum absolute atomic E-state index is 0.0245. The summed E-state index contributed by atoms with van der Waals surface area (Å²) in [6, 6.07) is 12.3. The number of nitrogens with zero attached hydrogens (tertiary/aromatic N) is 1. The number of hydrogen-bond donors (Lipinski definition) is 2. The molecule has 0 aliphatic heterocycles. The van der Waals surface area contributed by atoms with Gasteiger partial charge in [-0.1, -0.05) is 25.1 Å². The Morgan fingerprint density at radius 3 is 2.41 bits per heavy atom. The molecule has 3 rings (SSSR count). The van der Waals surface area contributed by atoms with E-state index in [1.807, 2.05) is 18.2 Å². The lowest BCUT2D eigenvalue weighted by atomic mass is 10.0. The zero-order valence-corrected chi connectivity index (χ0v) is 12.0. The minimum atomic E-state index is -0.946. The molecule has 0 atom stereocenters. The smallest absolute Gasteiger partial charge is 0.335 e. The first-order chi connectivity index (χ1) is 10.6. The monoisotopic (exact) mass is 294 g/mol. The number of aromatic nitrogens is 2. The summed E-state index contributed by atoms with van der Waals surface area (Å²) in [4.78, 5) is 29.9. The van der Waals surface area contributed by atoms with Crippen LogP contribution in [0.4, 0.5) is 0 Å². The zero-order valence-electron chi connectivity index (χ0n) is 12.0. The second-order valence-electron chi connectivity index (χ2n) is 4.98. The fourth-order valence-corrected chi connectivity index (χ4v) is 2.29. The summed E-state index contributed by atoms with van der Waals surface area (Å²) in [6.07, 6.45) is 0.406. The number of aromatic amines is 1. The molecule has 5 nitrogen and oxygen atoms in total. The Balaban J connectivity index is 2.00. The number of nitrogens with one attached hydrogen (secondary N) is 1. The first-order valence-electron chi connectivity index (χ1n) is 6.95. The molecule has 0 amide bonds. The molecule has 110 valence electrons. The molecule has 2 aromatic carbocycles. The molecule has 3 aromatic rings. The first kappa shape index (κ1) is 14.0. The minimum Gasteiger partial charge on any atom is -0.478 e. The highest BCUT2D eigenvalue weighted by atomic mass is 16.4. The van der Waals surface area contributed by atoms with Crippen molar-refractivity contribution in [3.05, 3.63) is 53.9 Å². The zero-order chi connectivity index (χ0) is 15.7. The number of hydrogen-bond acceptors (Lipinski definition) is 3. The van der Waals surface area contributed by atoms with Gasteiger partial charge < -0.3 is 10.1 Å². The third-order valence-corrected chi connectivity index (χ3v) is 3.53. The fraction of sp³-hybridized carbons (Fsp3) is 0.118. The molecule has 1 heterocycles. The summed E-state index contributed by atoms with van der Waals surface area (Å²) in [5, 5.41) is 8.92. The van der Waals surface area contributed by atoms with Crippen LogP contribution in [-0.4, -0.2) is 26.8 Å². The van der Waals surface area contributed by atoms with Crippen LogP contribution >= 0.6 is 0 Å². The van der Waals surface area contributed by atoms with Crippen molar-refractivity contribution in [3.8, 4) is 11.1 Å². The van der Waals surface area contributed by atoms with Gasteiger partial charge in [-0.3, -0.25) is 4.79 Å². The molecule has 0 radical (unpaired) electrons. The molecule has 0 bridgehead atoms. The summed E-state index contributed by atoms with van der Waals surface area (Å²) in [7, 11) is 0. The Morgan fingerprint density at radius 2 is 1.77 bits per heavy atom. The van der Waals surface area contributed by atoms with Crippen molar-refractivity contribution < 1.29 is 14.7 Å². The number of aromatic carboxylic acids is 1. The predicted octanol–water partition coefficient (Wildman–Crippen LogP) is 3.52. The largest absolute Gasteiger partial charge is 0.478 e. The molecule has 0 saturated carbocycles. The maximum absolute atomic E-state index is 11.7. The maximum Gasteiger partial charge on any atom is 0.335 e.